The van der Waals surface area contributed by atoms with Gasteiger partial charge in [-0.3, -0.25) is 4.90 Å². The lowest BCUT2D eigenvalue weighted by molar-refractivity contribution is 0.0408. The van der Waals surface area contributed by atoms with Gasteiger partial charge in [0.15, 0.2) is 0 Å². The molecular weight excluding hydrogens is 322 g/mol. The van der Waals surface area contributed by atoms with Crippen LogP contribution in [0.1, 0.15) is 53.4 Å². The molecule has 7 heteroatoms. The van der Waals surface area contributed by atoms with Crippen LogP contribution in [-0.4, -0.2) is 71.0 Å². The van der Waals surface area contributed by atoms with Gasteiger partial charge in [-0.2, -0.15) is 0 Å². The third-order valence-corrected chi connectivity index (χ3v) is 5.17. The van der Waals surface area contributed by atoms with Crippen molar-refractivity contribution in [1.82, 2.24) is 15.1 Å². The van der Waals surface area contributed by atoms with Crippen molar-refractivity contribution >= 4 is 12.2 Å². The van der Waals surface area contributed by atoms with Crippen LogP contribution in [0.5, 0.6) is 0 Å². The number of carboxylic acid groups (broad SMARTS) is 1. The van der Waals surface area contributed by atoms with Crippen molar-refractivity contribution in [3.8, 4) is 0 Å². The van der Waals surface area contributed by atoms with Gasteiger partial charge >= 0.3 is 12.2 Å². The van der Waals surface area contributed by atoms with E-state index >= 15 is 0 Å². The molecule has 2 amide bonds. The molecule has 0 radical (unpaired) electrons. The fourth-order valence-corrected chi connectivity index (χ4v) is 3.66. The number of amides is 2. The van der Waals surface area contributed by atoms with E-state index in [1.54, 1.807) is 0 Å². The Kier molecular flexibility index (Phi) is 6.19. The van der Waals surface area contributed by atoms with Crippen LogP contribution in [0.15, 0.2) is 0 Å². The summed E-state index contributed by atoms with van der Waals surface area (Å²) >= 11 is 0. The maximum Gasteiger partial charge on any atom is 0.408 e. The van der Waals surface area contributed by atoms with E-state index in [0.717, 1.165) is 45.3 Å². The molecule has 1 saturated carbocycles. The van der Waals surface area contributed by atoms with Gasteiger partial charge in [0.25, 0.3) is 0 Å². The number of hydrogen-bond acceptors (Lipinski definition) is 4. The predicted octanol–water partition coefficient (Wildman–Crippen LogP) is 2.76. The first-order chi connectivity index (χ1) is 11.6. The highest BCUT2D eigenvalue weighted by molar-refractivity contribution is 5.68. The summed E-state index contributed by atoms with van der Waals surface area (Å²) in [6.07, 6.45) is 2.90. The van der Waals surface area contributed by atoms with Crippen molar-refractivity contribution < 1.29 is 19.4 Å². The average Bonchev–Trinajstić information content (AvgIpc) is 2.48. The number of nitrogens with zero attached hydrogens (tertiary/aromatic N) is 2. The van der Waals surface area contributed by atoms with Crippen LogP contribution in [0.25, 0.3) is 0 Å². The van der Waals surface area contributed by atoms with Gasteiger partial charge in [-0.1, -0.05) is 0 Å². The molecule has 2 aliphatic rings. The molecule has 2 N–H and O–H groups in total. The van der Waals surface area contributed by atoms with Crippen molar-refractivity contribution in [2.75, 3.05) is 32.7 Å². The molecular formula is C18H33N3O4. The van der Waals surface area contributed by atoms with Gasteiger partial charge in [-0.25, -0.2) is 9.59 Å². The Balaban J connectivity index is 1.72. The van der Waals surface area contributed by atoms with Gasteiger partial charge < -0.3 is 20.1 Å². The molecule has 0 aromatic rings. The summed E-state index contributed by atoms with van der Waals surface area (Å²) in [5.41, 5.74) is -0.670. The van der Waals surface area contributed by atoms with Crippen LogP contribution in [0.4, 0.5) is 9.59 Å². The number of piperazine rings is 1. The number of hydrogen-bond donors (Lipinski definition) is 2. The Hall–Kier alpha value is -1.50. The number of carbonyl (C=O) groups excluding carboxylic acids is 1. The molecule has 0 aromatic carbocycles. The monoisotopic (exact) mass is 355 g/mol. The largest absolute Gasteiger partial charge is 0.465 e. The van der Waals surface area contributed by atoms with Crippen LogP contribution >= 0.6 is 0 Å². The van der Waals surface area contributed by atoms with E-state index in [1.165, 1.54) is 4.90 Å². The van der Waals surface area contributed by atoms with E-state index in [4.69, 9.17) is 9.84 Å². The van der Waals surface area contributed by atoms with Crippen molar-refractivity contribution in [2.45, 2.75) is 64.5 Å². The van der Waals surface area contributed by atoms with E-state index in [-0.39, 0.29) is 11.6 Å². The molecule has 1 aliphatic carbocycles. The van der Waals surface area contributed by atoms with Gasteiger partial charge in [0, 0.05) is 38.3 Å². The van der Waals surface area contributed by atoms with Crippen molar-refractivity contribution in [3.63, 3.8) is 0 Å². The van der Waals surface area contributed by atoms with Crippen LogP contribution in [0.3, 0.4) is 0 Å². The molecule has 2 rings (SSSR count). The Morgan fingerprint density at radius 2 is 1.72 bits per heavy atom. The minimum Gasteiger partial charge on any atom is -0.465 e. The van der Waals surface area contributed by atoms with E-state index in [9.17, 15) is 9.59 Å². The maximum atomic E-state index is 12.0. The van der Waals surface area contributed by atoms with Crippen LogP contribution in [-0.2, 0) is 4.74 Å². The number of ether oxygens (including phenoxy) is 1. The Morgan fingerprint density at radius 3 is 2.20 bits per heavy atom. The fraction of sp³-hybridized carbons (Fsp3) is 0.889. The third kappa shape index (κ3) is 6.38. The topological polar surface area (TPSA) is 82.1 Å². The summed E-state index contributed by atoms with van der Waals surface area (Å²) in [6, 6.07) is 0. The number of carbonyl (C=O) groups is 2. The summed E-state index contributed by atoms with van der Waals surface area (Å²) in [6.45, 7) is 11.6. The number of nitrogens with one attached hydrogen (secondary N) is 1. The first kappa shape index (κ1) is 19.8. The second-order valence-electron chi connectivity index (χ2n) is 8.70. The minimum absolute atomic E-state index is 0.194. The van der Waals surface area contributed by atoms with Gasteiger partial charge in [0.1, 0.15) is 5.60 Å². The van der Waals surface area contributed by atoms with E-state index in [2.05, 4.69) is 17.1 Å². The lowest BCUT2D eigenvalue weighted by Gasteiger charge is -2.41. The first-order valence-corrected chi connectivity index (χ1v) is 9.28. The molecule has 1 saturated heterocycles. The Bertz CT molecular complexity index is 473. The maximum absolute atomic E-state index is 12.0. The molecule has 0 unspecified atom stereocenters. The lowest BCUT2D eigenvalue weighted by atomic mass is 9.77. The zero-order valence-corrected chi connectivity index (χ0v) is 16.0. The fourth-order valence-electron chi connectivity index (χ4n) is 3.66. The zero-order valence-electron chi connectivity index (χ0n) is 16.0. The van der Waals surface area contributed by atoms with Gasteiger partial charge in [-0.15, -0.1) is 0 Å². The third-order valence-electron chi connectivity index (χ3n) is 5.17. The van der Waals surface area contributed by atoms with Gasteiger partial charge in [0.05, 0.1) is 0 Å². The molecule has 144 valence electrons. The van der Waals surface area contributed by atoms with Crippen LogP contribution in [0.2, 0.25) is 0 Å². The summed E-state index contributed by atoms with van der Waals surface area (Å²) in [7, 11) is 0. The second-order valence-corrected chi connectivity index (χ2v) is 8.70. The summed E-state index contributed by atoms with van der Waals surface area (Å²) in [5, 5.41) is 12.1. The SMILES string of the molecule is CC1(NC(=O)OC(C)(C)C)CCC(CN2CCN(C(=O)O)CC2)CC1. The van der Waals surface area contributed by atoms with E-state index in [1.807, 2.05) is 20.8 Å². The number of alkyl carbamates (subject to hydrolysis) is 1. The number of rotatable bonds is 3. The second kappa shape index (κ2) is 7.81. The highest BCUT2D eigenvalue weighted by atomic mass is 16.6. The van der Waals surface area contributed by atoms with Crippen LogP contribution in [0, 0.1) is 5.92 Å². The smallest absolute Gasteiger partial charge is 0.408 e. The van der Waals surface area contributed by atoms with E-state index < -0.39 is 11.7 Å². The normalized spacial score (nSPS) is 28.5. The molecule has 0 bridgehead atoms. The summed E-state index contributed by atoms with van der Waals surface area (Å²) in [5.74, 6) is 0.616. The highest BCUT2D eigenvalue weighted by Crippen LogP contribution is 2.32. The van der Waals surface area contributed by atoms with Gasteiger partial charge in [0.2, 0.25) is 0 Å². The molecule has 0 aromatic heterocycles. The minimum atomic E-state index is -0.818. The zero-order chi connectivity index (χ0) is 18.7. The molecule has 1 aliphatic heterocycles. The highest BCUT2D eigenvalue weighted by Gasteiger charge is 2.34. The molecule has 7 nitrogen and oxygen atoms in total. The molecule has 2 fully saturated rings. The first-order valence-electron chi connectivity index (χ1n) is 9.28. The van der Waals surface area contributed by atoms with E-state index in [0.29, 0.717) is 19.0 Å². The molecule has 0 spiro atoms. The molecule has 25 heavy (non-hydrogen) atoms. The summed E-state index contributed by atoms with van der Waals surface area (Å²) in [4.78, 5) is 26.8. The van der Waals surface area contributed by atoms with Crippen molar-refractivity contribution in [1.29, 1.82) is 0 Å². The Morgan fingerprint density at radius 1 is 1.16 bits per heavy atom. The lowest BCUT2D eigenvalue weighted by Crippen LogP contribution is -2.52. The Labute approximate surface area is 150 Å². The van der Waals surface area contributed by atoms with Crippen molar-refractivity contribution in [3.05, 3.63) is 0 Å². The average molecular weight is 355 g/mol. The molecule has 1 heterocycles. The van der Waals surface area contributed by atoms with Gasteiger partial charge in [-0.05, 0) is 59.3 Å². The quantitative estimate of drug-likeness (QED) is 0.813. The van der Waals surface area contributed by atoms with Crippen molar-refractivity contribution in [2.24, 2.45) is 5.92 Å². The predicted molar refractivity (Wildman–Crippen MR) is 95.8 cm³/mol. The molecule has 0 atom stereocenters. The standard InChI is InChI=1S/C18H33N3O4/c1-17(2,3)25-15(22)19-18(4)7-5-14(6-8-18)13-20-9-11-21(12-10-20)16(23)24/h14H,5-13H2,1-4H3,(H,19,22)(H,23,24). The van der Waals surface area contributed by atoms with Crippen LogP contribution < -0.4 is 5.32 Å². The summed E-state index contributed by atoms with van der Waals surface area (Å²) < 4.78 is 5.37.